The molecule has 2 atom stereocenters. The second kappa shape index (κ2) is 20.6. The van der Waals surface area contributed by atoms with Gasteiger partial charge in [-0.2, -0.15) is 0 Å². The van der Waals surface area contributed by atoms with Gasteiger partial charge in [0.1, 0.15) is 32.5 Å². The predicted octanol–water partition coefficient (Wildman–Crippen LogP) is 8.02. The van der Waals surface area contributed by atoms with Gasteiger partial charge in [0, 0.05) is 39.3 Å². The van der Waals surface area contributed by atoms with Gasteiger partial charge in [0.05, 0.1) is 36.9 Å². The molecule has 0 spiro atoms. The van der Waals surface area contributed by atoms with Gasteiger partial charge in [-0.05, 0) is 65.5 Å². The third-order valence-electron chi connectivity index (χ3n) is 8.21. The molecule has 0 radical (unpaired) electrons. The van der Waals surface area contributed by atoms with Crippen LogP contribution in [0.1, 0.15) is 52.7 Å². The van der Waals surface area contributed by atoms with Crippen molar-refractivity contribution >= 4 is 52.8 Å². The molecule has 2 fully saturated rings. The van der Waals surface area contributed by atoms with Crippen LogP contribution in [0, 0.1) is 0 Å². The summed E-state index contributed by atoms with van der Waals surface area (Å²) in [6.45, 7) is 15.5. The van der Waals surface area contributed by atoms with Gasteiger partial charge in [0.2, 0.25) is 0 Å². The number of hydrogen-bond donors (Lipinski definition) is 1. The molecule has 1 N–H and O–H groups in total. The highest BCUT2D eigenvalue weighted by Crippen LogP contribution is 2.23. The summed E-state index contributed by atoms with van der Waals surface area (Å²) in [7, 11) is 0. The highest BCUT2D eigenvalue weighted by molar-refractivity contribution is 6.32. The maximum atomic E-state index is 12.7. The summed E-state index contributed by atoms with van der Waals surface area (Å²) in [4.78, 5) is 46.6. The fourth-order valence-electron chi connectivity index (χ4n) is 5.88. The summed E-state index contributed by atoms with van der Waals surface area (Å²) in [6.07, 6.45) is 7.18. The quantitative estimate of drug-likeness (QED) is 0.212. The van der Waals surface area contributed by atoms with Crippen LogP contribution in [0.5, 0.6) is 0 Å². The lowest BCUT2D eigenvalue weighted by Crippen LogP contribution is -2.57. The number of amides is 2. The lowest BCUT2D eigenvalue weighted by molar-refractivity contribution is 0.0117. The minimum atomic E-state index is -0.524. The van der Waals surface area contributed by atoms with Gasteiger partial charge in [-0.25, -0.2) is 19.6 Å². The summed E-state index contributed by atoms with van der Waals surface area (Å²) in [5.74, 6) is 0.726. The molecule has 0 saturated carbocycles. The molecule has 0 bridgehead atoms. The van der Waals surface area contributed by atoms with Gasteiger partial charge in [0.15, 0.2) is 0 Å². The molecule has 4 aromatic rings. The molecule has 0 aliphatic carbocycles. The number of nitrogens with zero attached hydrogens (tertiary/aromatic N) is 7. The number of anilines is 1. The molecule has 296 valence electrons. The molecular formula is C40H51Cl3N8O4. The van der Waals surface area contributed by atoms with Gasteiger partial charge in [-0.15, -0.1) is 0 Å². The van der Waals surface area contributed by atoms with E-state index in [1.807, 2.05) is 87.7 Å². The average Bonchev–Trinajstić information content (AvgIpc) is 3.12. The third-order valence-corrected chi connectivity index (χ3v) is 8.76. The van der Waals surface area contributed by atoms with Crippen LogP contribution in [0.15, 0.2) is 85.5 Å². The van der Waals surface area contributed by atoms with Crippen LogP contribution in [0.3, 0.4) is 0 Å². The average molecular weight is 814 g/mol. The zero-order valence-corrected chi connectivity index (χ0v) is 34.6. The van der Waals surface area contributed by atoms with Crippen molar-refractivity contribution in [1.82, 2.24) is 35.1 Å². The van der Waals surface area contributed by atoms with Gasteiger partial charge in [-0.3, -0.25) is 9.97 Å². The second-order valence-electron chi connectivity index (χ2n) is 15.0. The number of piperazine rings is 2. The maximum Gasteiger partial charge on any atom is 0.410 e. The van der Waals surface area contributed by atoms with E-state index in [2.05, 4.69) is 54.4 Å². The summed E-state index contributed by atoms with van der Waals surface area (Å²) in [6, 6.07) is 20.6. The number of carbonyl (C=O) groups is 2. The number of rotatable bonds is 5. The van der Waals surface area contributed by atoms with Crippen LogP contribution in [-0.2, 0) is 22.3 Å². The summed E-state index contributed by atoms with van der Waals surface area (Å²) in [5.41, 5.74) is 1.45. The summed E-state index contributed by atoms with van der Waals surface area (Å²) >= 11 is 16.8. The number of ether oxygens (including phenoxy) is 2. The molecule has 4 heterocycles. The molecule has 2 aromatic carbocycles. The molecule has 55 heavy (non-hydrogen) atoms. The number of aromatic nitrogens is 4. The molecule has 2 aromatic heterocycles. The Hall–Kier alpha value is -4.23. The molecule has 2 amide bonds. The molecule has 2 saturated heterocycles. The van der Waals surface area contributed by atoms with Crippen LogP contribution >= 0.6 is 34.8 Å². The number of halogens is 3. The van der Waals surface area contributed by atoms with Crippen molar-refractivity contribution in [3.05, 3.63) is 112 Å². The first-order valence-corrected chi connectivity index (χ1v) is 19.3. The van der Waals surface area contributed by atoms with Crippen molar-refractivity contribution in [2.75, 3.05) is 44.2 Å². The monoisotopic (exact) mass is 812 g/mol. The Bertz CT molecular complexity index is 1780. The Morgan fingerprint density at radius 2 is 1.15 bits per heavy atom. The molecule has 2 aliphatic heterocycles. The van der Waals surface area contributed by atoms with E-state index in [1.165, 1.54) is 29.7 Å². The Balaban J connectivity index is 0.000000209. The zero-order chi connectivity index (χ0) is 40.0. The number of carbonyl (C=O) groups excluding carboxylic acids is 2. The summed E-state index contributed by atoms with van der Waals surface area (Å²) < 4.78 is 11.1. The Kier molecular flexibility index (Phi) is 16.3. The van der Waals surface area contributed by atoms with E-state index in [0.717, 1.165) is 31.7 Å². The minimum Gasteiger partial charge on any atom is -0.444 e. The number of benzene rings is 2. The fraction of sp³-hybridized carbons (Fsp3) is 0.450. The molecule has 6 rings (SSSR count). The van der Waals surface area contributed by atoms with Crippen LogP contribution in [0.4, 0.5) is 15.4 Å². The van der Waals surface area contributed by atoms with Crippen LogP contribution in [-0.4, -0.2) is 104 Å². The van der Waals surface area contributed by atoms with Crippen molar-refractivity contribution in [3.63, 3.8) is 0 Å². The smallest absolute Gasteiger partial charge is 0.410 e. The lowest BCUT2D eigenvalue weighted by atomic mass is 10.0. The zero-order valence-electron chi connectivity index (χ0n) is 32.3. The summed E-state index contributed by atoms with van der Waals surface area (Å²) in [5, 5.41) is 4.35. The van der Waals surface area contributed by atoms with Crippen molar-refractivity contribution in [2.45, 2.75) is 77.7 Å². The van der Waals surface area contributed by atoms with E-state index in [1.54, 1.807) is 6.20 Å². The van der Waals surface area contributed by atoms with E-state index in [-0.39, 0.29) is 24.3 Å². The SMILES string of the molecule is CC(C)(C)OC(=O)N1CCN(c2cncc(Cl)n2)C[C@@H]1Cc1ccccc1.CC(C)(C)OC(=O)N1CCNC[C@@H]1Cc1ccccc1.Clc1cncc(Cl)n1. The van der Waals surface area contributed by atoms with Crippen LogP contribution < -0.4 is 10.2 Å². The van der Waals surface area contributed by atoms with Crippen molar-refractivity contribution in [1.29, 1.82) is 0 Å². The van der Waals surface area contributed by atoms with Crippen LogP contribution in [0.25, 0.3) is 0 Å². The molecule has 12 nitrogen and oxygen atoms in total. The topological polar surface area (TPSA) is 126 Å². The van der Waals surface area contributed by atoms with E-state index < -0.39 is 11.2 Å². The Morgan fingerprint density at radius 1 is 0.673 bits per heavy atom. The van der Waals surface area contributed by atoms with Gasteiger partial charge < -0.3 is 29.5 Å². The van der Waals surface area contributed by atoms with E-state index in [9.17, 15) is 9.59 Å². The van der Waals surface area contributed by atoms with E-state index in [4.69, 9.17) is 44.3 Å². The normalized spacial score (nSPS) is 17.2. The van der Waals surface area contributed by atoms with Gasteiger partial charge >= 0.3 is 12.2 Å². The molecule has 15 heteroatoms. The van der Waals surface area contributed by atoms with Crippen LogP contribution in [0.2, 0.25) is 15.5 Å². The highest BCUT2D eigenvalue weighted by atomic mass is 35.5. The van der Waals surface area contributed by atoms with Crippen molar-refractivity contribution < 1.29 is 19.1 Å². The number of nitrogens with one attached hydrogen (secondary N) is 1. The molecule has 0 unspecified atom stereocenters. The van der Waals surface area contributed by atoms with E-state index in [0.29, 0.717) is 41.6 Å². The predicted molar refractivity (Wildman–Crippen MR) is 218 cm³/mol. The first kappa shape index (κ1) is 43.5. The Labute approximate surface area is 339 Å². The van der Waals surface area contributed by atoms with Crippen molar-refractivity contribution in [3.8, 4) is 0 Å². The Morgan fingerprint density at radius 3 is 1.62 bits per heavy atom. The van der Waals surface area contributed by atoms with Gasteiger partial charge in [-0.1, -0.05) is 95.5 Å². The first-order valence-electron chi connectivity index (χ1n) is 18.2. The standard InChI is InChI=1S/C20H25ClN4O2.C16H24N2O2.C4H2Cl2N2/c1-20(2,3)27-19(26)25-10-9-24(18-13-22-12-17(21)23-18)14-16(25)11-15-7-5-4-6-8-15;1-16(2,3)20-15(19)18-10-9-17-12-14(18)11-13-7-5-4-6-8-13;5-3-1-7-2-4(6)8-3/h4-8,12-13,16H,9-11,14H2,1-3H3;4-8,14,17H,9-12H2,1-3H3;1-2H/t16-;14-;/m00./s1. The van der Waals surface area contributed by atoms with Crippen molar-refractivity contribution in [2.24, 2.45) is 0 Å². The van der Waals surface area contributed by atoms with Gasteiger partial charge in [0.25, 0.3) is 0 Å². The highest BCUT2D eigenvalue weighted by Gasteiger charge is 2.34. The lowest BCUT2D eigenvalue weighted by Gasteiger charge is -2.42. The largest absolute Gasteiger partial charge is 0.444 e. The number of hydrogen-bond acceptors (Lipinski definition) is 10. The molecular weight excluding hydrogens is 763 g/mol. The minimum absolute atomic E-state index is 0.0308. The first-order chi connectivity index (χ1) is 26.1. The second-order valence-corrected chi connectivity index (χ2v) is 16.2. The maximum absolute atomic E-state index is 12.7. The fourth-order valence-corrected chi connectivity index (χ4v) is 6.36. The molecule has 2 aliphatic rings. The third kappa shape index (κ3) is 15.4. The van der Waals surface area contributed by atoms with E-state index >= 15 is 0 Å².